The van der Waals surface area contributed by atoms with Gasteiger partial charge in [-0.1, -0.05) is 69.8 Å². The summed E-state index contributed by atoms with van der Waals surface area (Å²) >= 11 is 0. The Labute approximate surface area is 132 Å². The summed E-state index contributed by atoms with van der Waals surface area (Å²) in [5, 5.41) is 0. The van der Waals surface area contributed by atoms with Crippen LogP contribution < -0.4 is 0 Å². The van der Waals surface area contributed by atoms with Gasteiger partial charge in [-0.05, 0) is 32.1 Å². The zero-order chi connectivity index (χ0) is 15.6. The topological polar surface area (TPSA) is 18.5 Å². The van der Waals surface area contributed by atoms with Crippen molar-refractivity contribution in [1.82, 2.24) is 0 Å². The molecule has 0 aliphatic carbocycles. The van der Waals surface area contributed by atoms with Crippen LogP contribution in [-0.4, -0.2) is 20.5 Å². The molecule has 0 radical (unpaired) electrons. The molecule has 0 aromatic carbocycles. The van der Waals surface area contributed by atoms with Crippen molar-refractivity contribution in [3.63, 3.8) is 0 Å². The number of methoxy groups -OCH3 is 2. The van der Waals surface area contributed by atoms with Crippen molar-refractivity contribution in [2.75, 3.05) is 14.2 Å². The molecule has 0 fully saturated rings. The van der Waals surface area contributed by atoms with Gasteiger partial charge in [-0.2, -0.15) is 0 Å². The Morgan fingerprint density at radius 3 is 1.81 bits per heavy atom. The monoisotopic (exact) mass is 296 g/mol. The lowest BCUT2D eigenvalue weighted by atomic mass is 10.1. The quantitative estimate of drug-likeness (QED) is 0.209. The first kappa shape index (κ1) is 20.4. The van der Waals surface area contributed by atoms with Crippen molar-refractivity contribution in [2.24, 2.45) is 0 Å². The normalized spacial score (nSPS) is 12.2. The molecule has 0 saturated heterocycles. The number of allylic oxidation sites excluding steroid dienone is 4. The Morgan fingerprint density at radius 2 is 1.24 bits per heavy atom. The van der Waals surface area contributed by atoms with Crippen LogP contribution in [0.1, 0.15) is 77.6 Å². The van der Waals surface area contributed by atoms with E-state index in [1.807, 2.05) is 0 Å². The molecule has 0 aromatic rings. The van der Waals surface area contributed by atoms with E-state index in [1.165, 1.54) is 57.8 Å². The predicted molar refractivity (Wildman–Crippen MR) is 92.5 cm³/mol. The second-order valence-corrected chi connectivity index (χ2v) is 5.57. The van der Waals surface area contributed by atoms with Crippen molar-refractivity contribution < 1.29 is 9.47 Å². The Hall–Kier alpha value is -0.600. The van der Waals surface area contributed by atoms with Gasteiger partial charge in [0.05, 0.1) is 0 Å². The summed E-state index contributed by atoms with van der Waals surface area (Å²) in [6.07, 6.45) is 22.9. The number of unbranched alkanes of at least 4 members (excludes halogenated alkanes) is 8. The molecule has 0 aromatic heterocycles. The lowest BCUT2D eigenvalue weighted by Crippen LogP contribution is -2.12. The summed E-state index contributed by atoms with van der Waals surface area (Å²) in [4.78, 5) is 0. The van der Waals surface area contributed by atoms with Crippen LogP contribution in [0.3, 0.4) is 0 Å². The van der Waals surface area contributed by atoms with E-state index >= 15 is 0 Å². The van der Waals surface area contributed by atoms with E-state index < -0.39 is 0 Å². The average Bonchev–Trinajstić information content (AvgIpc) is 2.51. The number of hydrogen-bond donors (Lipinski definition) is 0. The number of rotatable bonds is 15. The van der Waals surface area contributed by atoms with Gasteiger partial charge in [0.25, 0.3) is 0 Å². The molecular formula is C19H36O2. The smallest absolute Gasteiger partial charge is 0.156 e. The van der Waals surface area contributed by atoms with Crippen molar-refractivity contribution >= 4 is 0 Å². The lowest BCUT2D eigenvalue weighted by molar-refractivity contribution is -0.107. The third-order valence-corrected chi connectivity index (χ3v) is 3.71. The molecule has 0 aliphatic heterocycles. The molecule has 21 heavy (non-hydrogen) atoms. The Kier molecular flexibility index (Phi) is 17.0. The van der Waals surface area contributed by atoms with Gasteiger partial charge in [0.1, 0.15) is 0 Å². The molecule has 0 aliphatic rings. The van der Waals surface area contributed by atoms with E-state index in [0.29, 0.717) is 0 Å². The molecule has 0 atom stereocenters. The Bertz CT molecular complexity index is 242. The van der Waals surface area contributed by atoms with Crippen LogP contribution in [0.25, 0.3) is 0 Å². The molecule has 2 nitrogen and oxygen atoms in total. The highest BCUT2D eigenvalue weighted by atomic mass is 16.7. The van der Waals surface area contributed by atoms with Gasteiger partial charge in [-0.15, -0.1) is 0 Å². The van der Waals surface area contributed by atoms with Gasteiger partial charge >= 0.3 is 0 Å². The SMILES string of the molecule is CCC=CC=CCCCCCCCCCCC(OC)OC. The maximum absolute atomic E-state index is 5.18. The van der Waals surface area contributed by atoms with Gasteiger partial charge in [0.2, 0.25) is 0 Å². The van der Waals surface area contributed by atoms with Crippen LogP contribution in [0.2, 0.25) is 0 Å². The van der Waals surface area contributed by atoms with Gasteiger partial charge in [-0.3, -0.25) is 0 Å². The summed E-state index contributed by atoms with van der Waals surface area (Å²) in [6, 6.07) is 0. The fourth-order valence-electron chi connectivity index (χ4n) is 2.36. The van der Waals surface area contributed by atoms with Gasteiger partial charge in [0, 0.05) is 14.2 Å². The third-order valence-electron chi connectivity index (χ3n) is 3.71. The summed E-state index contributed by atoms with van der Waals surface area (Å²) in [6.45, 7) is 2.16. The number of ether oxygens (including phenoxy) is 2. The largest absolute Gasteiger partial charge is 0.356 e. The van der Waals surface area contributed by atoms with E-state index in [-0.39, 0.29) is 6.29 Å². The number of hydrogen-bond acceptors (Lipinski definition) is 2. The first-order valence-electron chi connectivity index (χ1n) is 8.72. The first-order chi connectivity index (χ1) is 10.3. The molecule has 0 amide bonds. The second kappa shape index (κ2) is 17.5. The van der Waals surface area contributed by atoms with Gasteiger partial charge in [-0.25, -0.2) is 0 Å². The van der Waals surface area contributed by atoms with E-state index in [0.717, 1.165) is 12.8 Å². The highest BCUT2D eigenvalue weighted by molar-refractivity contribution is 5.01. The molecule has 0 spiro atoms. The molecule has 124 valence electrons. The van der Waals surface area contributed by atoms with Crippen molar-refractivity contribution in [1.29, 1.82) is 0 Å². The molecule has 0 unspecified atom stereocenters. The van der Waals surface area contributed by atoms with Crippen LogP contribution >= 0.6 is 0 Å². The maximum Gasteiger partial charge on any atom is 0.156 e. The fraction of sp³-hybridized carbons (Fsp3) is 0.789. The minimum Gasteiger partial charge on any atom is -0.356 e. The zero-order valence-corrected chi connectivity index (χ0v) is 14.5. The van der Waals surface area contributed by atoms with Crippen LogP contribution in [0, 0.1) is 0 Å². The van der Waals surface area contributed by atoms with E-state index in [9.17, 15) is 0 Å². The van der Waals surface area contributed by atoms with Crippen molar-refractivity contribution in [2.45, 2.75) is 83.8 Å². The molecule has 0 rings (SSSR count). The molecule has 0 saturated carbocycles. The summed E-state index contributed by atoms with van der Waals surface area (Å²) < 4.78 is 10.4. The molecule has 2 heteroatoms. The van der Waals surface area contributed by atoms with Crippen LogP contribution in [0.4, 0.5) is 0 Å². The van der Waals surface area contributed by atoms with Crippen molar-refractivity contribution in [3.8, 4) is 0 Å². The lowest BCUT2D eigenvalue weighted by Gasteiger charge is -2.12. The minimum absolute atomic E-state index is 0.00905. The fourth-order valence-corrected chi connectivity index (χ4v) is 2.36. The Morgan fingerprint density at radius 1 is 0.714 bits per heavy atom. The van der Waals surface area contributed by atoms with Crippen LogP contribution in [0.15, 0.2) is 24.3 Å². The van der Waals surface area contributed by atoms with Gasteiger partial charge in [0.15, 0.2) is 6.29 Å². The first-order valence-corrected chi connectivity index (χ1v) is 8.72. The van der Waals surface area contributed by atoms with E-state index in [4.69, 9.17) is 9.47 Å². The summed E-state index contributed by atoms with van der Waals surface area (Å²) in [5.41, 5.74) is 0. The van der Waals surface area contributed by atoms with Crippen LogP contribution in [0.5, 0.6) is 0 Å². The summed E-state index contributed by atoms with van der Waals surface area (Å²) in [5.74, 6) is 0. The van der Waals surface area contributed by atoms with Crippen LogP contribution in [-0.2, 0) is 9.47 Å². The third kappa shape index (κ3) is 15.6. The average molecular weight is 296 g/mol. The standard InChI is InChI=1S/C19H36O2/c1-4-5-6-7-8-9-10-11-12-13-14-15-16-17-18-19(20-2)21-3/h5-8,19H,4,9-18H2,1-3H3. The highest BCUT2D eigenvalue weighted by Crippen LogP contribution is 2.12. The molecular weight excluding hydrogens is 260 g/mol. The zero-order valence-electron chi connectivity index (χ0n) is 14.5. The molecule has 0 bridgehead atoms. The predicted octanol–water partition coefficient (Wildman–Crippen LogP) is 6.03. The molecule has 0 heterocycles. The van der Waals surface area contributed by atoms with E-state index in [2.05, 4.69) is 31.2 Å². The highest BCUT2D eigenvalue weighted by Gasteiger charge is 2.03. The second-order valence-electron chi connectivity index (χ2n) is 5.57. The van der Waals surface area contributed by atoms with E-state index in [1.54, 1.807) is 14.2 Å². The summed E-state index contributed by atoms with van der Waals surface area (Å²) in [7, 11) is 3.42. The molecule has 0 N–H and O–H groups in total. The van der Waals surface area contributed by atoms with Crippen molar-refractivity contribution in [3.05, 3.63) is 24.3 Å². The van der Waals surface area contributed by atoms with Gasteiger partial charge < -0.3 is 9.47 Å². The Balaban J connectivity index is 3.15. The minimum atomic E-state index is -0.00905. The maximum atomic E-state index is 5.18.